The van der Waals surface area contributed by atoms with Crippen molar-refractivity contribution < 1.29 is 36.8 Å². The molecule has 0 saturated carbocycles. The minimum atomic E-state index is -5.04. The molecular formula is C17H18F3N3O5. The Morgan fingerprint density at radius 2 is 1.93 bits per heavy atom. The van der Waals surface area contributed by atoms with E-state index in [1.54, 1.807) is 29.3 Å². The highest BCUT2D eigenvalue weighted by molar-refractivity contribution is 5.96. The Balaban J connectivity index is 1.49. The van der Waals surface area contributed by atoms with Gasteiger partial charge in [0.25, 0.3) is 0 Å². The van der Waals surface area contributed by atoms with Gasteiger partial charge in [0.05, 0.1) is 7.11 Å². The molecule has 1 saturated heterocycles. The average Bonchev–Trinajstić information content (AvgIpc) is 3.09. The first-order valence-corrected chi connectivity index (χ1v) is 8.43. The normalized spacial score (nSPS) is 16.1. The topological polar surface area (TPSA) is 93.0 Å². The number of carbonyl (C=O) groups excluding carboxylic acids is 2. The number of rotatable bonds is 5. The van der Waals surface area contributed by atoms with Gasteiger partial charge in [0.15, 0.2) is 5.76 Å². The summed E-state index contributed by atoms with van der Waals surface area (Å²) in [6, 6.07) is 6.33. The van der Waals surface area contributed by atoms with Gasteiger partial charge in [-0.05, 0) is 37.1 Å². The first-order chi connectivity index (χ1) is 13.3. The van der Waals surface area contributed by atoms with Crippen LogP contribution < -0.4 is 15.6 Å². The lowest BCUT2D eigenvalue weighted by Crippen LogP contribution is -2.50. The van der Waals surface area contributed by atoms with Crippen LogP contribution in [0.1, 0.15) is 23.4 Å². The third kappa shape index (κ3) is 4.73. The number of halogens is 3. The maximum absolute atomic E-state index is 12.4. The fourth-order valence-electron chi connectivity index (χ4n) is 2.76. The van der Waals surface area contributed by atoms with Crippen LogP contribution in [0.5, 0.6) is 5.75 Å². The molecular weight excluding hydrogens is 383 g/mol. The first-order valence-electron chi connectivity index (χ1n) is 8.43. The van der Waals surface area contributed by atoms with E-state index in [-0.39, 0.29) is 5.76 Å². The van der Waals surface area contributed by atoms with Gasteiger partial charge in [-0.1, -0.05) is 0 Å². The van der Waals surface area contributed by atoms with Crippen molar-refractivity contribution in [3.63, 3.8) is 0 Å². The molecule has 0 radical (unpaired) electrons. The SMILES string of the molecule is COc1ccc2oc(C(=O)NN3CCC(NOC(=O)C(F)(F)F)CC3)cc2c1. The Kier molecular flexibility index (Phi) is 5.75. The maximum Gasteiger partial charge on any atom is 0.492 e. The number of hydrogen-bond acceptors (Lipinski definition) is 7. The number of hydroxylamine groups is 1. The smallest absolute Gasteiger partial charge is 0.492 e. The van der Waals surface area contributed by atoms with E-state index >= 15 is 0 Å². The highest BCUT2D eigenvalue weighted by Crippen LogP contribution is 2.24. The molecule has 8 nitrogen and oxygen atoms in total. The molecule has 1 aromatic heterocycles. The Morgan fingerprint density at radius 3 is 2.57 bits per heavy atom. The number of benzene rings is 1. The Labute approximate surface area is 157 Å². The Morgan fingerprint density at radius 1 is 1.21 bits per heavy atom. The Hall–Kier alpha value is -2.79. The molecule has 0 spiro atoms. The summed E-state index contributed by atoms with van der Waals surface area (Å²) in [5.41, 5.74) is 5.35. The van der Waals surface area contributed by atoms with Crippen LogP contribution >= 0.6 is 0 Å². The second-order valence-electron chi connectivity index (χ2n) is 6.22. The number of nitrogens with zero attached hydrogens (tertiary/aromatic N) is 1. The van der Waals surface area contributed by atoms with E-state index in [1.807, 2.05) is 0 Å². The molecule has 28 heavy (non-hydrogen) atoms. The van der Waals surface area contributed by atoms with Crippen LogP contribution in [0.15, 0.2) is 28.7 Å². The molecule has 2 aromatic rings. The van der Waals surface area contributed by atoms with Gasteiger partial charge in [-0.2, -0.15) is 13.2 Å². The maximum atomic E-state index is 12.4. The number of piperidine rings is 1. The molecule has 0 bridgehead atoms. The van der Waals surface area contributed by atoms with Crippen molar-refractivity contribution in [3.8, 4) is 5.75 Å². The van der Waals surface area contributed by atoms with E-state index < -0.39 is 24.1 Å². The number of furan rings is 1. The van der Waals surface area contributed by atoms with Crippen LogP contribution in [-0.2, 0) is 9.63 Å². The molecule has 1 aliphatic heterocycles. The van der Waals surface area contributed by atoms with Gasteiger partial charge in [-0.25, -0.2) is 9.80 Å². The van der Waals surface area contributed by atoms with E-state index in [4.69, 9.17) is 9.15 Å². The number of carbonyl (C=O) groups is 2. The van der Waals surface area contributed by atoms with Crippen molar-refractivity contribution in [2.24, 2.45) is 0 Å². The minimum Gasteiger partial charge on any atom is -0.497 e. The minimum absolute atomic E-state index is 0.127. The largest absolute Gasteiger partial charge is 0.497 e. The third-order valence-electron chi connectivity index (χ3n) is 4.25. The number of ether oxygens (including phenoxy) is 1. The number of nitrogens with one attached hydrogen (secondary N) is 2. The van der Waals surface area contributed by atoms with Crippen molar-refractivity contribution in [3.05, 3.63) is 30.0 Å². The molecule has 0 atom stereocenters. The van der Waals surface area contributed by atoms with Gasteiger partial charge in [0, 0.05) is 24.5 Å². The van der Waals surface area contributed by atoms with Crippen molar-refractivity contribution in [1.82, 2.24) is 15.9 Å². The van der Waals surface area contributed by atoms with Gasteiger partial charge in [-0.3, -0.25) is 10.2 Å². The number of amides is 1. The summed E-state index contributed by atoms with van der Waals surface area (Å²) >= 11 is 0. The molecule has 1 aromatic carbocycles. The van der Waals surface area contributed by atoms with E-state index in [0.29, 0.717) is 37.3 Å². The highest BCUT2D eigenvalue weighted by atomic mass is 19.4. The second-order valence-corrected chi connectivity index (χ2v) is 6.22. The lowest BCUT2D eigenvalue weighted by molar-refractivity contribution is -0.209. The molecule has 1 aliphatic rings. The summed E-state index contributed by atoms with van der Waals surface area (Å²) in [6.45, 7) is 0.724. The molecule has 3 rings (SSSR count). The van der Waals surface area contributed by atoms with Crippen LogP contribution in [0.25, 0.3) is 11.0 Å². The number of alkyl halides is 3. The first kappa shape index (κ1) is 20.0. The molecule has 1 fully saturated rings. The summed E-state index contributed by atoms with van der Waals surface area (Å²) in [7, 11) is 1.54. The molecule has 2 heterocycles. The van der Waals surface area contributed by atoms with E-state index in [2.05, 4.69) is 15.7 Å². The van der Waals surface area contributed by atoms with Crippen molar-refractivity contribution in [1.29, 1.82) is 0 Å². The van der Waals surface area contributed by atoms with E-state index in [9.17, 15) is 22.8 Å². The summed E-state index contributed by atoms with van der Waals surface area (Å²) in [4.78, 5) is 27.1. The quantitative estimate of drug-likeness (QED) is 0.742. The van der Waals surface area contributed by atoms with Crippen molar-refractivity contribution in [2.75, 3.05) is 20.2 Å². The molecule has 152 valence electrons. The van der Waals surface area contributed by atoms with Crippen molar-refractivity contribution in [2.45, 2.75) is 25.1 Å². The number of fused-ring (bicyclic) bond motifs is 1. The van der Waals surface area contributed by atoms with Gasteiger partial charge >= 0.3 is 18.1 Å². The van der Waals surface area contributed by atoms with Crippen LogP contribution in [-0.4, -0.2) is 49.3 Å². The molecule has 1 amide bonds. The molecule has 0 aliphatic carbocycles. The lowest BCUT2D eigenvalue weighted by atomic mass is 10.1. The lowest BCUT2D eigenvalue weighted by Gasteiger charge is -2.31. The van der Waals surface area contributed by atoms with Crippen LogP contribution in [0, 0.1) is 0 Å². The van der Waals surface area contributed by atoms with E-state index in [0.717, 1.165) is 5.39 Å². The van der Waals surface area contributed by atoms with Crippen LogP contribution in [0.4, 0.5) is 13.2 Å². The van der Waals surface area contributed by atoms with Gasteiger partial charge < -0.3 is 14.0 Å². The number of methoxy groups -OCH3 is 1. The zero-order valence-electron chi connectivity index (χ0n) is 14.8. The average molecular weight is 401 g/mol. The highest BCUT2D eigenvalue weighted by Gasteiger charge is 2.41. The predicted molar refractivity (Wildman–Crippen MR) is 90.1 cm³/mol. The fraction of sp³-hybridized carbons (Fsp3) is 0.412. The Bertz CT molecular complexity index is 859. The van der Waals surface area contributed by atoms with Crippen LogP contribution in [0.2, 0.25) is 0 Å². The summed E-state index contributed by atoms with van der Waals surface area (Å²) < 4.78 is 47.0. The summed E-state index contributed by atoms with van der Waals surface area (Å²) in [5.74, 6) is -1.96. The fourth-order valence-corrected chi connectivity index (χ4v) is 2.76. The molecule has 2 N–H and O–H groups in total. The molecule has 0 unspecified atom stereocenters. The summed E-state index contributed by atoms with van der Waals surface area (Å²) in [6.07, 6.45) is -4.29. The van der Waals surface area contributed by atoms with Crippen LogP contribution in [0.3, 0.4) is 0 Å². The van der Waals surface area contributed by atoms with Crippen molar-refractivity contribution >= 4 is 22.8 Å². The number of hydrazine groups is 1. The van der Waals surface area contributed by atoms with Gasteiger partial charge in [0.2, 0.25) is 0 Å². The standard InChI is InChI=1S/C17H18F3N3O5/c1-26-12-2-3-13-10(8-12)9-14(27-13)15(24)21-23-6-4-11(5-7-23)22-28-16(25)17(18,19)20/h2-3,8-9,11,22H,4-7H2,1H3,(H,21,24). The van der Waals surface area contributed by atoms with E-state index in [1.165, 1.54) is 7.11 Å². The monoisotopic (exact) mass is 401 g/mol. The predicted octanol–water partition coefficient (Wildman–Crippen LogP) is 2.16. The molecule has 11 heteroatoms. The second kappa shape index (κ2) is 8.07. The zero-order valence-corrected chi connectivity index (χ0v) is 14.8. The third-order valence-corrected chi connectivity index (χ3v) is 4.25. The number of hydrogen-bond donors (Lipinski definition) is 2. The zero-order chi connectivity index (χ0) is 20.3. The van der Waals surface area contributed by atoms with Gasteiger partial charge in [0.1, 0.15) is 11.3 Å². The van der Waals surface area contributed by atoms with Gasteiger partial charge in [-0.15, -0.1) is 5.48 Å². The summed E-state index contributed by atoms with van der Waals surface area (Å²) in [5, 5.41) is 2.35.